The molecule has 182 valence electrons. The monoisotopic (exact) mass is 567 g/mol. The second-order valence-electron chi connectivity index (χ2n) is 8.60. The summed E-state index contributed by atoms with van der Waals surface area (Å²) in [7, 11) is 0. The van der Waals surface area contributed by atoms with Gasteiger partial charge in [0, 0.05) is 45.7 Å². The molecule has 0 aliphatic carbocycles. The van der Waals surface area contributed by atoms with Crippen molar-refractivity contribution in [2.75, 3.05) is 59.0 Å². The molecule has 33 heavy (non-hydrogen) atoms. The van der Waals surface area contributed by atoms with Crippen molar-refractivity contribution in [1.82, 2.24) is 20.4 Å². The first-order valence-corrected chi connectivity index (χ1v) is 12.0. The number of nitrogens with one attached hydrogen (secondary N) is 2. The van der Waals surface area contributed by atoms with E-state index >= 15 is 0 Å². The summed E-state index contributed by atoms with van der Waals surface area (Å²) in [5, 5.41) is 6.95. The molecule has 2 aliphatic heterocycles. The molecule has 0 saturated carbocycles. The summed E-state index contributed by atoms with van der Waals surface area (Å²) in [6, 6.07) is 12.9. The fourth-order valence-corrected chi connectivity index (χ4v) is 4.21. The smallest absolute Gasteiger partial charge is 0.191 e. The Labute approximate surface area is 215 Å². The van der Waals surface area contributed by atoms with Gasteiger partial charge in [0.05, 0.1) is 26.0 Å². The Bertz CT molecular complexity index is 801. The highest BCUT2D eigenvalue weighted by Crippen LogP contribution is 2.13. The number of aliphatic imine (C=N–C) groups is 1. The van der Waals surface area contributed by atoms with Crippen molar-refractivity contribution in [2.45, 2.75) is 32.4 Å². The fourth-order valence-electron chi connectivity index (χ4n) is 4.21. The van der Waals surface area contributed by atoms with E-state index in [0.29, 0.717) is 6.54 Å². The molecule has 0 amide bonds. The van der Waals surface area contributed by atoms with Crippen molar-refractivity contribution in [3.63, 3.8) is 0 Å². The van der Waals surface area contributed by atoms with Crippen LogP contribution >= 0.6 is 24.0 Å². The minimum absolute atomic E-state index is 0. The molecule has 0 spiro atoms. The Balaban J connectivity index is 0.00000306. The van der Waals surface area contributed by atoms with Crippen LogP contribution in [0.1, 0.15) is 29.7 Å². The topological polar surface area (TPSA) is 65.3 Å². The lowest BCUT2D eigenvalue weighted by Crippen LogP contribution is -2.44. The Morgan fingerprint density at radius 2 is 1.61 bits per heavy atom. The molecule has 2 saturated heterocycles. The highest BCUT2D eigenvalue weighted by Gasteiger charge is 2.12. The molecule has 2 fully saturated rings. The number of benzene rings is 1. The van der Waals surface area contributed by atoms with E-state index in [1.54, 1.807) is 6.26 Å². The van der Waals surface area contributed by atoms with Gasteiger partial charge in [0.15, 0.2) is 5.96 Å². The molecule has 3 heterocycles. The summed E-state index contributed by atoms with van der Waals surface area (Å²) in [6.45, 7) is 10.5. The summed E-state index contributed by atoms with van der Waals surface area (Å²) >= 11 is 0. The van der Waals surface area contributed by atoms with Crippen LogP contribution in [0.5, 0.6) is 0 Å². The number of hydrogen-bond donors (Lipinski definition) is 2. The fraction of sp³-hybridized carbons (Fsp3) is 0.560. The lowest BCUT2D eigenvalue weighted by molar-refractivity contribution is 0.0389. The Hall–Kier alpha value is -1.62. The molecule has 2 aromatic rings. The van der Waals surface area contributed by atoms with E-state index in [-0.39, 0.29) is 24.0 Å². The molecule has 0 atom stereocenters. The first-order chi connectivity index (χ1) is 15.8. The predicted molar refractivity (Wildman–Crippen MR) is 143 cm³/mol. The normalized spacial score (nSPS) is 17.6. The number of rotatable bonds is 10. The van der Waals surface area contributed by atoms with Gasteiger partial charge in [-0.05, 0) is 49.2 Å². The first-order valence-electron chi connectivity index (χ1n) is 12.0. The van der Waals surface area contributed by atoms with Crippen LogP contribution in [0.4, 0.5) is 0 Å². The van der Waals surface area contributed by atoms with Gasteiger partial charge in [-0.25, -0.2) is 4.99 Å². The summed E-state index contributed by atoms with van der Waals surface area (Å²) in [6.07, 6.45) is 5.22. The molecule has 8 heteroatoms. The molecule has 0 bridgehead atoms. The zero-order valence-corrected chi connectivity index (χ0v) is 21.8. The largest absolute Gasteiger partial charge is 0.469 e. The first kappa shape index (κ1) is 26.0. The molecule has 7 nitrogen and oxygen atoms in total. The number of halogens is 1. The Morgan fingerprint density at radius 1 is 0.879 bits per heavy atom. The maximum Gasteiger partial charge on any atom is 0.191 e. The van der Waals surface area contributed by atoms with Crippen LogP contribution in [-0.2, 0) is 24.2 Å². The lowest BCUT2D eigenvalue weighted by Gasteiger charge is -2.26. The number of furan rings is 1. The van der Waals surface area contributed by atoms with Gasteiger partial charge < -0.3 is 19.8 Å². The van der Waals surface area contributed by atoms with E-state index in [1.165, 1.54) is 37.1 Å². The zero-order valence-electron chi connectivity index (χ0n) is 19.5. The van der Waals surface area contributed by atoms with Crippen molar-refractivity contribution in [1.29, 1.82) is 0 Å². The average molecular weight is 568 g/mol. The molecule has 0 radical (unpaired) electrons. The van der Waals surface area contributed by atoms with E-state index in [4.69, 9.17) is 14.1 Å². The third-order valence-corrected chi connectivity index (χ3v) is 6.12. The van der Waals surface area contributed by atoms with Gasteiger partial charge in [-0.3, -0.25) is 9.80 Å². The molecule has 0 unspecified atom stereocenters. The lowest BCUT2D eigenvalue weighted by atomic mass is 10.1. The molecule has 1 aromatic carbocycles. The van der Waals surface area contributed by atoms with E-state index in [1.807, 2.05) is 12.1 Å². The van der Waals surface area contributed by atoms with Crippen LogP contribution in [0.25, 0.3) is 0 Å². The summed E-state index contributed by atoms with van der Waals surface area (Å²) < 4.78 is 10.9. The quantitative estimate of drug-likeness (QED) is 0.262. The molecule has 2 N–H and O–H groups in total. The van der Waals surface area contributed by atoms with Crippen molar-refractivity contribution in [3.05, 3.63) is 59.5 Å². The van der Waals surface area contributed by atoms with E-state index < -0.39 is 0 Å². The number of ether oxygens (including phenoxy) is 1. The SMILES string of the molecule is I.c1coc(CCNC(=NCc2ccc(CN3CCCC3)cc2)NCCN2CCOCC2)c1. The van der Waals surface area contributed by atoms with Crippen LogP contribution in [0.15, 0.2) is 52.1 Å². The maximum absolute atomic E-state index is 5.44. The predicted octanol–water partition coefficient (Wildman–Crippen LogP) is 3.10. The Morgan fingerprint density at radius 3 is 2.33 bits per heavy atom. The van der Waals surface area contributed by atoms with Gasteiger partial charge in [0.2, 0.25) is 0 Å². The van der Waals surface area contributed by atoms with Gasteiger partial charge in [0.25, 0.3) is 0 Å². The zero-order chi connectivity index (χ0) is 21.8. The maximum atomic E-state index is 5.44. The van der Waals surface area contributed by atoms with Gasteiger partial charge in [-0.2, -0.15) is 0 Å². The molecular weight excluding hydrogens is 529 g/mol. The van der Waals surface area contributed by atoms with Crippen LogP contribution < -0.4 is 10.6 Å². The van der Waals surface area contributed by atoms with Gasteiger partial charge in [-0.1, -0.05) is 24.3 Å². The number of nitrogens with zero attached hydrogens (tertiary/aromatic N) is 3. The van der Waals surface area contributed by atoms with Crippen LogP contribution in [-0.4, -0.2) is 74.8 Å². The molecule has 1 aromatic heterocycles. The van der Waals surface area contributed by atoms with E-state index in [2.05, 4.69) is 44.7 Å². The number of morpholine rings is 1. The number of guanidine groups is 1. The minimum Gasteiger partial charge on any atom is -0.469 e. The van der Waals surface area contributed by atoms with Crippen molar-refractivity contribution in [2.24, 2.45) is 4.99 Å². The third kappa shape index (κ3) is 9.27. The highest BCUT2D eigenvalue weighted by atomic mass is 127. The summed E-state index contributed by atoms with van der Waals surface area (Å²) in [5.41, 5.74) is 2.62. The molecular formula is C25H38IN5O2. The van der Waals surface area contributed by atoms with E-state index in [9.17, 15) is 0 Å². The van der Waals surface area contributed by atoms with Crippen molar-refractivity contribution < 1.29 is 9.15 Å². The highest BCUT2D eigenvalue weighted by molar-refractivity contribution is 14.0. The summed E-state index contributed by atoms with van der Waals surface area (Å²) in [5.74, 6) is 1.84. The molecule has 4 rings (SSSR count). The van der Waals surface area contributed by atoms with E-state index in [0.717, 1.165) is 70.6 Å². The van der Waals surface area contributed by atoms with Crippen molar-refractivity contribution >= 4 is 29.9 Å². The Kier molecular flexibility index (Phi) is 11.5. The summed E-state index contributed by atoms with van der Waals surface area (Å²) in [4.78, 5) is 9.80. The third-order valence-electron chi connectivity index (χ3n) is 6.12. The van der Waals surface area contributed by atoms with Crippen molar-refractivity contribution in [3.8, 4) is 0 Å². The standard InChI is InChI=1S/C25H37N5O2.HI/c1-2-13-30(12-1)21-23-7-5-22(6-8-23)20-28-25(26-10-9-24-4-3-17-32-24)27-11-14-29-15-18-31-19-16-29;/h3-8,17H,1-2,9-16,18-21H2,(H2,26,27,28);1H. The van der Waals surface area contributed by atoms with Gasteiger partial charge in [-0.15, -0.1) is 24.0 Å². The number of likely N-dealkylation sites (tertiary alicyclic amines) is 1. The van der Waals surface area contributed by atoms with Crippen LogP contribution in [0, 0.1) is 0 Å². The van der Waals surface area contributed by atoms with Crippen LogP contribution in [0.2, 0.25) is 0 Å². The second kappa shape index (κ2) is 14.6. The number of hydrogen-bond acceptors (Lipinski definition) is 5. The average Bonchev–Trinajstić information content (AvgIpc) is 3.53. The molecule has 2 aliphatic rings. The second-order valence-corrected chi connectivity index (χ2v) is 8.60. The van der Waals surface area contributed by atoms with Crippen LogP contribution in [0.3, 0.4) is 0 Å². The minimum atomic E-state index is 0. The van der Waals surface area contributed by atoms with Gasteiger partial charge >= 0.3 is 0 Å². The van der Waals surface area contributed by atoms with Gasteiger partial charge in [0.1, 0.15) is 5.76 Å².